The van der Waals surface area contributed by atoms with Gasteiger partial charge in [0.1, 0.15) is 0 Å². The standard InChI is InChI=1S/C15H18N2O4/c1-8-4-5-9(14(19)17(2)3)6-12(8)16-13(18)10-7-11(10)15(20)21/h4-6,10-11H,7H2,1-3H3,(H,16,18)(H,20,21)/t10-,11+/m1/s1. The van der Waals surface area contributed by atoms with E-state index in [1.54, 1.807) is 32.3 Å². The van der Waals surface area contributed by atoms with Crippen molar-refractivity contribution in [3.8, 4) is 0 Å². The van der Waals surface area contributed by atoms with Crippen LogP contribution >= 0.6 is 0 Å². The Kier molecular flexibility index (Phi) is 3.97. The lowest BCUT2D eigenvalue weighted by Crippen LogP contribution is -2.22. The molecular formula is C15H18N2O4. The van der Waals surface area contributed by atoms with Gasteiger partial charge in [0.25, 0.3) is 5.91 Å². The number of aliphatic carboxylic acids is 1. The molecule has 1 saturated carbocycles. The number of anilines is 1. The summed E-state index contributed by atoms with van der Waals surface area (Å²) in [5.74, 6) is -2.46. The SMILES string of the molecule is Cc1ccc(C(=O)N(C)C)cc1NC(=O)[C@@H]1C[C@@H]1C(=O)O. The van der Waals surface area contributed by atoms with Gasteiger partial charge in [-0.1, -0.05) is 6.07 Å². The number of aryl methyl sites for hydroxylation is 1. The third-order valence-electron chi connectivity index (χ3n) is 3.59. The van der Waals surface area contributed by atoms with Crippen LogP contribution in [-0.4, -0.2) is 41.9 Å². The summed E-state index contributed by atoms with van der Waals surface area (Å²) >= 11 is 0. The van der Waals surface area contributed by atoms with Crippen LogP contribution in [0.25, 0.3) is 0 Å². The number of carbonyl (C=O) groups is 3. The first-order valence-corrected chi connectivity index (χ1v) is 6.67. The zero-order valence-electron chi connectivity index (χ0n) is 12.2. The first kappa shape index (κ1) is 15.0. The summed E-state index contributed by atoms with van der Waals surface area (Å²) in [4.78, 5) is 36.1. The van der Waals surface area contributed by atoms with Gasteiger partial charge in [0.2, 0.25) is 5.91 Å². The molecule has 0 heterocycles. The quantitative estimate of drug-likeness (QED) is 0.876. The molecule has 0 radical (unpaired) electrons. The molecule has 1 aliphatic carbocycles. The Balaban J connectivity index is 2.13. The number of carboxylic acid groups (broad SMARTS) is 1. The van der Waals surface area contributed by atoms with Crippen LogP contribution in [-0.2, 0) is 9.59 Å². The first-order valence-electron chi connectivity index (χ1n) is 6.67. The number of amides is 2. The lowest BCUT2D eigenvalue weighted by molar-refractivity contribution is -0.139. The minimum Gasteiger partial charge on any atom is -0.481 e. The highest BCUT2D eigenvalue weighted by Crippen LogP contribution is 2.39. The smallest absolute Gasteiger partial charge is 0.307 e. The minimum absolute atomic E-state index is 0.152. The normalized spacial score (nSPS) is 19.8. The number of nitrogens with one attached hydrogen (secondary N) is 1. The second kappa shape index (κ2) is 5.55. The fourth-order valence-electron chi connectivity index (χ4n) is 2.13. The Hall–Kier alpha value is -2.37. The van der Waals surface area contributed by atoms with Crippen LogP contribution in [0.15, 0.2) is 18.2 Å². The molecule has 1 aliphatic rings. The first-order chi connectivity index (χ1) is 9.81. The van der Waals surface area contributed by atoms with E-state index in [2.05, 4.69) is 5.32 Å². The Labute approximate surface area is 122 Å². The van der Waals surface area contributed by atoms with E-state index in [0.717, 1.165) is 5.56 Å². The number of nitrogens with zero attached hydrogens (tertiary/aromatic N) is 1. The summed E-state index contributed by atoms with van der Waals surface area (Å²) in [6.45, 7) is 1.82. The molecule has 6 nitrogen and oxygen atoms in total. The molecule has 2 amide bonds. The van der Waals surface area contributed by atoms with E-state index in [0.29, 0.717) is 17.7 Å². The highest BCUT2D eigenvalue weighted by Gasteiger charge is 2.48. The van der Waals surface area contributed by atoms with E-state index in [-0.39, 0.29) is 11.8 Å². The lowest BCUT2D eigenvalue weighted by Gasteiger charge is -2.13. The van der Waals surface area contributed by atoms with E-state index >= 15 is 0 Å². The molecule has 6 heteroatoms. The van der Waals surface area contributed by atoms with Crippen molar-refractivity contribution >= 4 is 23.5 Å². The third-order valence-corrected chi connectivity index (χ3v) is 3.59. The van der Waals surface area contributed by atoms with Crippen molar-refractivity contribution in [2.45, 2.75) is 13.3 Å². The van der Waals surface area contributed by atoms with E-state index in [1.807, 2.05) is 6.92 Å². The summed E-state index contributed by atoms with van der Waals surface area (Å²) in [7, 11) is 3.31. The van der Waals surface area contributed by atoms with E-state index in [1.165, 1.54) is 4.90 Å². The van der Waals surface area contributed by atoms with Crippen LogP contribution in [0.5, 0.6) is 0 Å². The molecule has 1 fully saturated rings. The molecule has 1 aromatic carbocycles. The maximum absolute atomic E-state index is 12.0. The Bertz CT molecular complexity index is 610. The van der Waals surface area contributed by atoms with Gasteiger partial charge < -0.3 is 15.3 Å². The van der Waals surface area contributed by atoms with Gasteiger partial charge in [0.05, 0.1) is 11.8 Å². The topological polar surface area (TPSA) is 86.7 Å². The Morgan fingerprint density at radius 3 is 2.43 bits per heavy atom. The largest absolute Gasteiger partial charge is 0.481 e. The monoisotopic (exact) mass is 290 g/mol. The van der Waals surface area contributed by atoms with Crippen molar-refractivity contribution in [1.29, 1.82) is 0 Å². The molecule has 0 spiro atoms. The van der Waals surface area contributed by atoms with E-state index in [9.17, 15) is 14.4 Å². The molecule has 2 atom stereocenters. The average molecular weight is 290 g/mol. The molecule has 0 aromatic heterocycles. The number of hydrogen-bond donors (Lipinski definition) is 2. The summed E-state index contributed by atoms with van der Waals surface area (Å²) in [6.07, 6.45) is 0.372. The molecule has 0 aliphatic heterocycles. The predicted octanol–water partition coefficient (Wildman–Crippen LogP) is 1.36. The van der Waals surface area contributed by atoms with Crippen molar-refractivity contribution in [1.82, 2.24) is 4.90 Å². The predicted molar refractivity (Wildman–Crippen MR) is 77.1 cm³/mol. The van der Waals surface area contributed by atoms with Crippen LogP contribution < -0.4 is 5.32 Å². The fourth-order valence-corrected chi connectivity index (χ4v) is 2.13. The third kappa shape index (κ3) is 3.21. The van der Waals surface area contributed by atoms with Gasteiger partial charge >= 0.3 is 5.97 Å². The van der Waals surface area contributed by atoms with Gasteiger partial charge in [-0.15, -0.1) is 0 Å². The van der Waals surface area contributed by atoms with Crippen molar-refractivity contribution < 1.29 is 19.5 Å². The molecule has 0 saturated heterocycles. The molecule has 112 valence electrons. The number of benzene rings is 1. The van der Waals surface area contributed by atoms with Crippen molar-refractivity contribution in [3.05, 3.63) is 29.3 Å². The van der Waals surface area contributed by atoms with Gasteiger partial charge in [0.15, 0.2) is 0 Å². The second-order valence-corrected chi connectivity index (χ2v) is 5.51. The van der Waals surface area contributed by atoms with Gasteiger partial charge in [0, 0.05) is 25.3 Å². The van der Waals surface area contributed by atoms with E-state index in [4.69, 9.17) is 5.11 Å². The number of hydrogen-bond acceptors (Lipinski definition) is 3. The molecule has 0 bridgehead atoms. The summed E-state index contributed by atoms with van der Waals surface area (Å²) < 4.78 is 0. The van der Waals surface area contributed by atoms with Crippen molar-refractivity contribution in [2.24, 2.45) is 11.8 Å². The number of rotatable bonds is 4. The van der Waals surface area contributed by atoms with Gasteiger partial charge in [-0.3, -0.25) is 14.4 Å². The van der Waals surface area contributed by atoms with Crippen LogP contribution in [0.4, 0.5) is 5.69 Å². The molecule has 1 aromatic rings. The summed E-state index contributed by atoms with van der Waals surface area (Å²) in [6, 6.07) is 5.08. The van der Waals surface area contributed by atoms with Gasteiger partial charge in [-0.2, -0.15) is 0 Å². The molecule has 0 unspecified atom stereocenters. The van der Waals surface area contributed by atoms with Crippen molar-refractivity contribution in [3.63, 3.8) is 0 Å². The fraction of sp³-hybridized carbons (Fsp3) is 0.400. The highest BCUT2D eigenvalue weighted by molar-refractivity contribution is 6.00. The average Bonchev–Trinajstić information content (AvgIpc) is 3.20. The van der Waals surface area contributed by atoms with Crippen LogP contribution in [0.2, 0.25) is 0 Å². The zero-order valence-corrected chi connectivity index (χ0v) is 12.2. The maximum Gasteiger partial charge on any atom is 0.307 e. The molecule has 21 heavy (non-hydrogen) atoms. The van der Waals surface area contributed by atoms with E-state index < -0.39 is 17.8 Å². The summed E-state index contributed by atoms with van der Waals surface area (Å²) in [5.41, 5.74) is 1.85. The molecular weight excluding hydrogens is 272 g/mol. The molecule has 2 rings (SSSR count). The van der Waals surface area contributed by atoms with Crippen LogP contribution in [0.3, 0.4) is 0 Å². The highest BCUT2D eigenvalue weighted by atomic mass is 16.4. The van der Waals surface area contributed by atoms with Crippen molar-refractivity contribution in [2.75, 3.05) is 19.4 Å². The van der Waals surface area contributed by atoms with Gasteiger partial charge in [-0.05, 0) is 31.0 Å². The van der Waals surface area contributed by atoms with Crippen LogP contribution in [0, 0.1) is 18.8 Å². The molecule has 2 N–H and O–H groups in total. The zero-order chi connectivity index (χ0) is 15.7. The van der Waals surface area contributed by atoms with Crippen LogP contribution in [0.1, 0.15) is 22.3 Å². The Morgan fingerprint density at radius 2 is 1.90 bits per heavy atom. The number of carboxylic acids is 1. The second-order valence-electron chi connectivity index (χ2n) is 5.51. The minimum atomic E-state index is -0.941. The summed E-state index contributed by atoms with van der Waals surface area (Å²) in [5, 5.41) is 11.6. The lowest BCUT2D eigenvalue weighted by atomic mass is 10.1. The Morgan fingerprint density at radius 1 is 1.24 bits per heavy atom. The van der Waals surface area contributed by atoms with Gasteiger partial charge in [-0.25, -0.2) is 0 Å². The maximum atomic E-state index is 12.0. The number of carbonyl (C=O) groups excluding carboxylic acids is 2.